The van der Waals surface area contributed by atoms with E-state index in [1.54, 1.807) is 7.11 Å². The van der Waals surface area contributed by atoms with Crippen LogP contribution in [0.15, 0.2) is 42.6 Å². The van der Waals surface area contributed by atoms with Crippen molar-refractivity contribution in [3.8, 4) is 5.75 Å². The molecular weight excluding hydrogens is 356 g/mol. The number of aryl methyl sites for hydroxylation is 1. The molecule has 0 unspecified atom stereocenters. The number of carbonyl (C=O) groups excluding carboxylic acids is 1. The third-order valence-electron chi connectivity index (χ3n) is 5.05. The van der Waals surface area contributed by atoms with Crippen molar-refractivity contribution in [2.45, 2.75) is 13.0 Å². The van der Waals surface area contributed by atoms with Crippen molar-refractivity contribution in [1.29, 1.82) is 0 Å². The summed E-state index contributed by atoms with van der Waals surface area (Å²) in [6, 6.07) is 11.4. The number of hydrogen-bond donors (Lipinski definition) is 1. The number of nitrogens with one attached hydrogen (secondary N) is 1. The first-order chi connectivity index (χ1) is 13.7. The summed E-state index contributed by atoms with van der Waals surface area (Å²) in [7, 11) is 3.61. The predicted molar refractivity (Wildman–Crippen MR) is 110 cm³/mol. The normalized spacial score (nSPS) is 14.6. The van der Waals surface area contributed by atoms with Gasteiger partial charge >= 0.3 is 6.03 Å². The Morgan fingerprint density at radius 3 is 2.71 bits per heavy atom. The summed E-state index contributed by atoms with van der Waals surface area (Å²) in [6.45, 7) is 5.73. The molecule has 7 heteroatoms. The van der Waals surface area contributed by atoms with Gasteiger partial charge < -0.3 is 24.3 Å². The number of para-hydroxylation sites is 2. The van der Waals surface area contributed by atoms with Gasteiger partial charge in [0.05, 0.1) is 32.6 Å². The molecule has 0 radical (unpaired) electrons. The van der Waals surface area contributed by atoms with Gasteiger partial charge in [-0.3, -0.25) is 4.90 Å². The zero-order valence-corrected chi connectivity index (χ0v) is 16.8. The van der Waals surface area contributed by atoms with Crippen molar-refractivity contribution in [1.82, 2.24) is 14.4 Å². The van der Waals surface area contributed by atoms with Gasteiger partial charge in [-0.2, -0.15) is 0 Å². The Balaban J connectivity index is 1.64. The molecule has 1 aliphatic rings. The second-order valence-electron chi connectivity index (χ2n) is 6.97. The average molecular weight is 386 g/mol. The molecule has 2 aromatic rings. The first-order valence-electron chi connectivity index (χ1n) is 9.76. The van der Waals surface area contributed by atoms with E-state index in [-0.39, 0.29) is 6.03 Å². The topological polar surface area (TPSA) is 59.0 Å². The number of methoxy groups -OCH3 is 1. The summed E-state index contributed by atoms with van der Waals surface area (Å²) in [6.07, 6.45) is 2.92. The molecule has 1 N–H and O–H groups in total. The lowest BCUT2D eigenvalue weighted by molar-refractivity contribution is 0.0365. The van der Waals surface area contributed by atoms with E-state index in [1.165, 1.54) is 0 Å². The number of rotatable bonds is 8. The van der Waals surface area contributed by atoms with Crippen molar-refractivity contribution in [3.05, 3.63) is 48.3 Å². The molecule has 1 aromatic carbocycles. The third kappa shape index (κ3) is 5.50. The van der Waals surface area contributed by atoms with Gasteiger partial charge in [0.15, 0.2) is 0 Å². The second kappa shape index (κ2) is 10.1. The summed E-state index contributed by atoms with van der Waals surface area (Å²) in [5.41, 5.74) is 1.78. The van der Waals surface area contributed by atoms with Gasteiger partial charge in [0.1, 0.15) is 5.75 Å². The predicted octanol–water partition coefficient (Wildman–Crippen LogP) is 2.79. The van der Waals surface area contributed by atoms with Crippen LogP contribution in [0.5, 0.6) is 5.75 Å². The fraction of sp³-hybridized carbons (Fsp3) is 0.476. The van der Waals surface area contributed by atoms with E-state index >= 15 is 0 Å². The highest BCUT2D eigenvalue weighted by molar-refractivity contribution is 5.90. The molecule has 0 aliphatic carbocycles. The van der Waals surface area contributed by atoms with E-state index in [0.717, 1.165) is 45.0 Å². The molecule has 1 fully saturated rings. The van der Waals surface area contributed by atoms with E-state index in [2.05, 4.69) is 10.2 Å². The SMILES string of the molecule is COc1ccccc1NC(=O)N(CCCN1CCOCC1)Cc1cccn1C. The lowest BCUT2D eigenvalue weighted by Gasteiger charge is -2.28. The number of amides is 2. The largest absolute Gasteiger partial charge is 0.495 e. The van der Waals surface area contributed by atoms with E-state index in [4.69, 9.17) is 9.47 Å². The van der Waals surface area contributed by atoms with Crippen molar-refractivity contribution >= 4 is 11.7 Å². The van der Waals surface area contributed by atoms with Gasteiger partial charge in [-0.1, -0.05) is 12.1 Å². The number of aromatic nitrogens is 1. The highest BCUT2D eigenvalue weighted by Gasteiger charge is 2.18. The Bertz CT molecular complexity index is 756. The minimum Gasteiger partial charge on any atom is -0.495 e. The average Bonchev–Trinajstić information content (AvgIpc) is 3.13. The molecule has 0 atom stereocenters. The molecule has 1 aromatic heterocycles. The van der Waals surface area contributed by atoms with Crippen LogP contribution >= 0.6 is 0 Å². The first kappa shape index (κ1) is 20.2. The Morgan fingerprint density at radius 2 is 2.00 bits per heavy atom. The van der Waals surface area contributed by atoms with Crippen LogP contribution in [0.25, 0.3) is 0 Å². The summed E-state index contributed by atoms with van der Waals surface area (Å²) in [5.74, 6) is 0.656. The van der Waals surface area contributed by atoms with Crippen LogP contribution in [-0.4, -0.2) is 66.9 Å². The number of morpholine rings is 1. The molecule has 1 saturated heterocycles. The quantitative estimate of drug-likeness (QED) is 0.758. The highest BCUT2D eigenvalue weighted by Crippen LogP contribution is 2.23. The summed E-state index contributed by atoms with van der Waals surface area (Å²) in [5, 5.41) is 3.00. The number of carbonyl (C=O) groups is 1. The smallest absolute Gasteiger partial charge is 0.322 e. The molecule has 1 aliphatic heterocycles. The van der Waals surface area contributed by atoms with Crippen LogP contribution < -0.4 is 10.1 Å². The van der Waals surface area contributed by atoms with Gasteiger partial charge in [0.2, 0.25) is 0 Å². The van der Waals surface area contributed by atoms with Gasteiger partial charge in [-0.25, -0.2) is 4.79 Å². The number of hydrogen-bond acceptors (Lipinski definition) is 4. The van der Waals surface area contributed by atoms with E-state index in [9.17, 15) is 4.79 Å². The summed E-state index contributed by atoms with van der Waals surface area (Å²) < 4.78 is 12.8. The van der Waals surface area contributed by atoms with E-state index in [0.29, 0.717) is 24.5 Å². The maximum atomic E-state index is 13.0. The van der Waals surface area contributed by atoms with E-state index < -0.39 is 0 Å². The van der Waals surface area contributed by atoms with Crippen molar-refractivity contribution in [2.75, 3.05) is 51.8 Å². The van der Waals surface area contributed by atoms with Crippen LogP contribution in [0.1, 0.15) is 12.1 Å². The molecule has 0 bridgehead atoms. The molecular formula is C21H30N4O3. The van der Waals surface area contributed by atoms with Crippen LogP contribution in [0.3, 0.4) is 0 Å². The number of benzene rings is 1. The maximum Gasteiger partial charge on any atom is 0.322 e. The molecule has 0 saturated carbocycles. The minimum atomic E-state index is -0.118. The lowest BCUT2D eigenvalue weighted by atomic mass is 10.3. The van der Waals surface area contributed by atoms with Gasteiger partial charge in [0, 0.05) is 45.1 Å². The minimum absolute atomic E-state index is 0.118. The fourth-order valence-electron chi connectivity index (χ4n) is 3.36. The molecule has 0 spiro atoms. The highest BCUT2D eigenvalue weighted by atomic mass is 16.5. The Morgan fingerprint density at radius 1 is 1.21 bits per heavy atom. The fourth-order valence-corrected chi connectivity index (χ4v) is 3.36. The van der Waals surface area contributed by atoms with Crippen molar-refractivity contribution < 1.29 is 14.3 Å². The Hall–Kier alpha value is -2.51. The number of urea groups is 1. The zero-order valence-electron chi connectivity index (χ0n) is 16.8. The number of anilines is 1. The lowest BCUT2D eigenvalue weighted by Crippen LogP contribution is -2.40. The summed E-state index contributed by atoms with van der Waals surface area (Å²) >= 11 is 0. The standard InChI is InChI=1S/C21H30N4O3/c1-23-10-5-7-18(23)17-25(12-6-11-24-13-15-28-16-14-24)21(26)22-19-8-3-4-9-20(19)27-2/h3-5,7-10H,6,11-17H2,1-2H3,(H,22,26). The molecule has 28 heavy (non-hydrogen) atoms. The molecule has 2 amide bonds. The van der Waals surface area contributed by atoms with Gasteiger partial charge in [-0.15, -0.1) is 0 Å². The summed E-state index contributed by atoms with van der Waals surface area (Å²) in [4.78, 5) is 17.3. The zero-order chi connectivity index (χ0) is 19.8. The maximum absolute atomic E-state index is 13.0. The molecule has 2 heterocycles. The first-order valence-corrected chi connectivity index (χ1v) is 9.76. The van der Waals surface area contributed by atoms with Crippen LogP contribution in [-0.2, 0) is 18.3 Å². The number of nitrogens with zero attached hydrogens (tertiary/aromatic N) is 3. The van der Waals surface area contributed by atoms with Crippen LogP contribution in [0.4, 0.5) is 10.5 Å². The molecule has 152 valence electrons. The van der Waals surface area contributed by atoms with Gasteiger partial charge in [-0.05, 0) is 30.7 Å². The Labute approximate surface area is 166 Å². The van der Waals surface area contributed by atoms with Gasteiger partial charge in [0.25, 0.3) is 0 Å². The van der Waals surface area contributed by atoms with Crippen LogP contribution in [0.2, 0.25) is 0 Å². The monoisotopic (exact) mass is 386 g/mol. The van der Waals surface area contributed by atoms with Crippen LogP contribution in [0, 0.1) is 0 Å². The Kier molecular flexibility index (Phi) is 7.33. The van der Waals surface area contributed by atoms with Crippen molar-refractivity contribution in [3.63, 3.8) is 0 Å². The van der Waals surface area contributed by atoms with Crippen molar-refractivity contribution in [2.24, 2.45) is 7.05 Å². The molecule has 3 rings (SSSR count). The number of ether oxygens (including phenoxy) is 2. The van der Waals surface area contributed by atoms with E-state index in [1.807, 2.05) is 59.1 Å². The second-order valence-corrected chi connectivity index (χ2v) is 6.97. The third-order valence-corrected chi connectivity index (χ3v) is 5.05. The molecule has 7 nitrogen and oxygen atoms in total.